The third kappa shape index (κ3) is 3.86. The highest BCUT2D eigenvalue weighted by Gasteiger charge is 2.18. The minimum atomic E-state index is -0.0215. The Bertz CT molecular complexity index is 1270. The second-order valence-electron chi connectivity index (χ2n) is 8.34. The molecule has 0 amide bonds. The molecule has 0 aliphatic carbocycles. The Morgan fingerprint density at radius 2 is 1.68 bits per heavy atom. The number of anilines is 1. The first kappa shape index (κ1) is 19.6. The molecule has 0 radical (unpaired) electrons. The van der Waals surface area contributed by atoms with Crippen LogP contribution >= 0.6 is 0 Å². The molecule has 1 fully saturated rings. The number of hydrogen-bond donors (Lipinski definition) is 0. The van der Waals surface area contributed by atoms with E-state index in [1.54, 1.807) is 17.7 Å². The number of imidazole rings is 1. The fourth-order valence-corrected chi connectivity index (χ4v) is 4.25. The van der Waals surface area contributed by atoms with E-state index in [2.05, 4.69) is 63.9 Å². The summed E-state index contributed by atoms with van der Waals surface area (Å²) in [4.78, 5) is 21.7. The summed E-state index contributed by atoms with van der Waals surface area (Å²) >= 11 is 0. The van der Waals surface area contributed by atoms with Crippen molar-refractivity contribution in [2.75, 3.05) is 38.1 Å². The number of aryl methyl sites for hydroxylation is 1. The summed E-state index contributed by atoms with van der Waals surface area (Å²) in [6.07, 6.45) is 1.87. The van der Waals surface area contributed by atoms with Crippen molar-refractivity contribution in [3.63, 3.8) is 0 Å². The van der Waals surface area contributed by atoms with E-state index in [9.17, 15) is 4.79 Å². The normalized spacial score (nSPS) is 15.0. The molecular weight excluding hydrogens is 386 g/mol. The first-order valence-electron chi connectivity index (χ1n) is 10.7. The van der Waals surface area contributed by atoms with Gasteiger partial charge in [0, 0.05) is 63.3 Å². The van der Waals surface area contributed by atoms with Crippen molar-refractivity contribution in [2.24, 2.45) is 7.05 Å². The molecular formula is C25H27N5O. The van der Waals surface area contributed by atoms with Gasteiger partial charge in [-0.25, -0.2) is 4.98 Å². The molecule has 6 nitrogen and oxygen atoms in total. The molecule has 2 aromatic carbocycles. The predicted octanol–water partition coefficient (Wildman–Crippen LogP) is 3.20. The molecule has 0 atom stereocenters. The van der Waals surface area contributed by atoms with Gasteiger partial charge in [-0.05, 0) is 36.9 Å². The second kappa shape index (κ2) is 8.04. The molecule has 0 spiro atoms. The van der Waals surface area contributed by atoms with E-state index in [0.717, 1.165) is 55.1 Å². The first-order chi connectivity index (χ1) is 15.1. The minimum absolute atomic E-state index is 0.0215. The van der Waals surface area contributed by atoms with Crippen molar-refractivity contribution in [1.82, 2.24) is 19.0 Å². The van der Waals surface area contributed by atoms with Crippen LogP contribution in [0, 0.1) is 0 Å². The highest BCUT2D eigenvalue weighted by atomic mass is 16.1. The van der Waals surface area contributed by atoms with Gasteiger partial charge in [0.2, 0.25) is 5.56 Å². The molecule has 158 valence electrons. The van der Waals surface area contributed by atoms with Gasteiger partial charge in [0.25, 0.3) is 0 Å². The smallest absolute Gasteiger partial charge is 0.250 e. The van der Waals surface area contributed by atoms with E-state index in [4.69, 9.17) is 4.98 Å². The molecule has 1 aliphatic heterocycles. The fourth-order valence-electron chi connectivity index (χ4n) is 4.25. The van der Waals surface area contributed by atoms with Gasteiger partial charge in [0.1, 0.15) is 5.82 Å². The van der Waals surface area contributed by atoms with Crippen LogP contribution in [0.3, 0.4) is 0 Å². The van der Waals surface area contributed by atoms with Gasteiger partial charge in [-0.3, -0.25) is 4.79 Å². The van der Waals surface area contributed by atoms with E-state index in [-0.39, 0.29) is 5.56 Å². The SMILES string of the molecule is CN1CCN(c2ccc3nc(-c4ccc(=O)n(C)c4)n(Cc4ccccc4)c3c2)CC1. The average Bonchev–Trinajstić information content (AvgIpc) is 3.14. The number of fused-ring (bicyclic) bond motifs is 1. The Kier molecular flexibility index (Phi) is 5.08. The summed E-state index contributed by atoms with van der Waals surface area (Å²) in [6.45, 7) is 4.93. The maximum Gasteiger partial charge on any atom is 0.250 e. The van der Waals surface area contributed by atoms with Crippen LogP contribution in [-0.4, -0.2) is 52.2 Å². The van der Waals surface area contributed by atoms with Gasteiger partial charge in [-0.15, -0.1) is 0 Å². The van der Waals surface area contributed by atoms with Crippen molar-refractivity contribution < 1.29 is 0 Å². The molecule has 6 heteroatoms. The lowest BCUT2D eigenvalue weighted by Gasteiger charge is -2.34. The number of hydrogen-bond acceptors (Lipinski definition) is 4. The highest BCUT2D eigenvalue weighted by Crippen LogP contribution is 2.29. The Labute approximate surface area is 182 Å². The molecule has 0 saturated carbocycles. The second-order valence-corrected chi connectivity index (χ2v) is 8.34. The predicted molar refractivity (Wildman–Crippen MR) is 126 cm³/mol. The van der Waals surface area contributed by atoms with Crippen molar-refractivity contribution in [1.29, 1.82) is 0 Å². The fraction of sp³-hybridized carbons (Fsp3) is 0.280. The zero-order valence-electron chi connectivity index (χ0n) is 18.0. The molecule has 4 aromatic rings. The van der Waals surface area contributed by atoms with Crippen LogP contribution in [0.1, 0.15) is 5.56 Å². The molecule has 0 N–H and O–H groups in total. The number of likely N-dealkylation sites (N-methyl/N-ethyl adjacent to an activating group) is 1. The van der Waals surface area contributed by atoms with Gasteiger partial charge >= 0.3 is 0 Å². The van der Waals surface area contributed by atoms with Crippen LogP contribution in [0.25, 0.3) is 22.4 Å². The molecule has 0 bridgehead atoms. The van der Waals surface area contributed by atoms with Crippen LogP contribution in [-0.2, 0) is 13.6 Å². The molecule has 2 aromatic heterocycles. The van der Waals surface area contributed by atoms with Crippen LogP contribution in [0.2, 0.25) is 0 Å². The first-order valence-corrected chi connectivity index (χ1v) is 10.7. The van der Waals surface area contributed by atoms with E-state index >= 15 is 0 Å². The van der Waals surface area contributed by atoms with Crippen LogP contribution in [0.15, 0.2) is 71.7 Å². The lowest BCUT2D eigenvalue weighted by molar-refractivity contribution is 0.313. The maximum absolute atomic E-state index is 11.9. The van der Waals surface area contributed by atoms with Gasteiger partial charge in [0.05, 0.1) is 11.0 Å². The summed E-state index contributed by atoms with van der Waals surface area (Å²) in [6, 6.07) is 20.5. The highest BCUT2D eigenvalue weighted by molar-refractivity contribution is 5.84. The number of rotatable bonds is 4. The quantitative estimate of drug-likeness (QED) is 0.516. The molecule has 1 saturated heterocycles. The Balaban J connectivity index is 1.64. The molecule has 0 unspecified atom stereocenters. The molecule has 1 aliphatic rings. The zero-order valence-corrected chi connectivity index (χ0v) is 18.0. The summed E-state index contributed by atoms with van der Waals surface area (Å²) in [5.41, 5.74) is 5.46. The number of aromatic nitrogens is 3. The number of benzene rings is 2. The standard InChI is InChI=1S/C25H27N5O/c1-27-12-14-29(15-13-27)21-9-10-22-23(16-21)30(17-19-6-4-3-5-7-19)25(26-22)20-8-11-24(31)28(2)18-20/h3-11,16,18H,12-15,17H2,1-2H3. The van der Waals surface area contributed by atoms with Gasteiger partial charge in [-0.2, -0.15) is 0 Å². The Morgan fingerprint density at radius 3 is 2.42 bits per heavy atom. The van der Waals surface area contributed by atoms with E-state index in [1.807, 2.05) is 18.3 Å². The molecule has 5 rings (SSSR count). The summed E-state index contributed by atoms with van der Waals surface area (Å²) in [7, 11) is 3.95. The molecule has 31 heavy (non-hydrogen) atoms. The Morgan fingerprint density at radius 1 is 0.903 bits per heavy atom. The van der Waals surface area contributed by atoms with Crippen molar-refractivity contribution >= 4 is 16.7 Å². The van der Waals surface area contributed by atoms with Crippen LogP contribution < -0.4 is 10.5 Å². The number of nitrogens with zero attached hydrogens (tertiary/aromatic N) is 5. The third-order valence-electron chi connectivity index (χ3n) is 6.13. The largest absolute Gasteiger partial charge is 0.369 e. The van der Waals surface area contributed by atoms with E-state index < -0.39 is 0 Å². The monoisotopic (exact) mass is 413 g/mol. The zero-order chi connectivity index (χ0) is 21.4. The minimum Gasteiger partial charge on any atom is -0.369 e. The maximum atomic E-state index is 11.9. The Hall–Kier alpha value is -3.38. The van der Waals surface area contributed by atoms with Crippen LogP contribution in [0.5, 0.6) is 0 Å². The summed E-state index contributed by atoms with van der Waals surface area (Å²) in [5.74, 6) is 0.880. The number of pyridine rings is 1. The lowest BCUT2D eigenvalue weighted by Crippen LogP contribution is -2.44. The van der Waals surface area contributed by atoms with Gasteiger partial charge in [-0.1, -0.05) is 30.3 Å². The van der Waals surface area contributed by atoms with Crippen LogP contribution in [0.4, 0.5) is 5.69 Å². The van der Waals surface area contributed by atoms with E-state index in [1.165, 1.54) is 11.3 Å². The third-order valence-corrected chi connectivity index (χ3v) is 6.13. The van der Waals surface area contributed by atoms with Gasteiger partial charge in [0.15, 0.2) is 0 Å². The number of piperazine rings is 1. The summed E-state index contributed by atoms with van der Waals surface area (Å²) in [5, 5.41) is 0. The summed E-state index contributed by atoms with van der Waals surface area (Å²) < 4.78 is 3.88. The van der Waals surface area contributed by atoms with Gasteiger partial charge < -0.3 is 18.9 Å². The topological polar surface area (TPSA) is 46.3 Å². The average molecular weight is 414 g/mol. The molecule has 3 heterocycles. The van der Waals surface area contributed by atoms with Crippen molar-refractivity contribution in [2.45, 2.75) is 6.54 Å². The van der Waals surface area contributed by atoms with Crippen molar-refractivity contribution in [3.05, 3.63) is 82.8 Å². The van der Waals surface area contributed by atoms with Crippen molar-refractivity contribution in [3.8, 4) is 11.4 Å². The lowest BCUT2D eigenvalue weighted by atomic mass is 10.2. The van der Waals surface area contributed by atoms with E-state index in [0.29, 0.717) is 0 Å².